The highest BCUT2D eigenvalue weighted by molar-refractivity contribution is 5.33. The third-order valence-electron chi connectivity index (χ3n) is 5.57. The first-order valence-electron chi connectivity index (χ1n) is 9.42. The van der Waals surface area contributed by atoms with Gasteiger partial charge in [0.15, 0.2) is 0 Å². The predicted molar refractivity (Wildman–Crippen MR) is 96.4 cm³/mol. The van der Waals surface area contributed by atoms with E-state index in [4.69, 9.17) is 0 Å². The fraction of sp³-hybridized carbons (Fsp3) is 0.684. The van der Waals surface area contributed by atoms with Gasteiger partial charge in [-0.2, -0.15) is 0 Å². The largest absolute Gasteiger partial charge is 0.573 e. The summed E-state index contributed by atoms with van der Waals surface area (Å²) in [6.45, 7) is 7.02. The van der Waals surface area contributed by atoms with E-state index in [0.717, 1.165) is 39.3 Å². The first-order chi connectivity index (χ1) is 12.8. The van der Waals surface area contributed by atoms with Crippen molar-refractivity contribution in [1.82, 2.24) is 14.7 Å². The second kappa shape index (κ2) is 8.77. The number of likely N-dealkylation sites (tertiary alicyclic amines) is 1. The van der Waals surface area contributed by atoms with Crippen molar-refractivity contribution < 1.29 is 23.0 Å². The van der Waals surface area contributed by atoms with Crippen LogP contribution in [0.5, 0.6) is 5.75 Å². The number of nitrogens with zero attached hydrogens (tertiary/aromatic N) is 3. The summed E-state index contributed by atoms with van der Waals surface area (Å²) >= 11 is 0. The van der Waals surface area contributed by atoms with Gasteiger partial charge in [0, 0.05) is 64.5 Å². The number of piperazine rings is 1. The highest BCUT2D eigenvalue weighted by Crippen LogP contribution is 2.30. The fourth-order valence-corrected chi connectivity index (χ4v) is 4.04. The Morgan fingerprint density at radius 2 is 1.70 bits per heavy atom. The molecule has 8 heteroatoms. The quantitative estimate of drug-likeness (QED) is 0.807. The van der Waals surface area contributed by atoms with Crippen LogP contribution in [0.1, 0.15) is 5.56 Å². The summed E-state index contributed by atoms with van der Waals surface area (Å²) in [7, 11) is 2.12. The number of halogens is 3. The number of benzene rings is 1. The molecule has 0 radical (unpaired) electrons. The molecule has 152 valence electrons. The van der Waals surface area contributed by atoms with Crippen molar-refractivity contribution in [3.8, 4) is 5.75 Å². The molecule has 1 aromatic carbocycles. The lowest BCUT2D eigenvalue weighted by molar-refractivity contribution is -0.275. The van der Waals surface area contributed by atoms with E-state index in [1.54, 1.807) is 18.2 Å². The third-order valence-corrected chi connectivity index (χ3v) is 5.57. The molecule has 5 nitrogen and oxygen atoms in total. The van der Waals surface area contributed by atoms with Gasteiger partial charge in [-0.15, -0.1) is 13.2 Å². The maximum Gasteiger partial charge on any atom is 0.573 e. The van der Waals surface area contributed by atoms with Crippen molar-refractivity contribution in [2.24, 2.45) is 11.8 Å². The molecule has 2 atom stereocenters. The van der Waals surface area contributed by atoms with Crippen LogP contribution in [-0.4, -0.2) is 85.6 Å². The zero-order valence-corrected chi connectivity index (χ0v) is 15.7. The topological polar surface area (TPSA) is 39.2 Å². The van der Waals surface area contributed by atoms with E-state index < -0.39 is 6.36 Å². The van der Waals surface area contributed by atoms with Crippen LogP contribution in [0.4, 0.5) is 13.2 Å². The van der Waals surface area contributed by atoms with E-state index in [1.165, 1.54) is 6.07 Å². The normalized spacial score (nSPS) is 25.8. The summed E-state index contributed by atoms with van der Waals surface area (Å²) in [5, 5.41) is 9.77. The molecule has 27 heavy (non-hydrogen) atoms. The van der Waals surface area contributed by atoms with Gasteiger partial charge in [-0.25, -0.2) is 0 Å². The van der Waals surface area contributed by atoms with Gasteiger partial charge in [0.05, 0.1) is 0 Å². The number of para-hydroxylation sites is 1. The van der Waals surface area contributed by atoms with E-state index in [9.17, 15) is 18.3 Å². The molecule has 2 aliphatic heterocycles. The maximum absolute atomic E-state index is 12.6. The molecular weight excluding hydrogens is 359 g/mol. The Labute approximate surface area is 158 Å². The molecular formula is C19H28F3N3O2. The van der Waals surface area contributed by atoms with Crippen molar-refractivity contribution in [1.29, 1.82) is 0 Å². The zero-order chi connectivity index (χ0) is 19.4. The van der Waals surface area contributed by atoms with E-state index in [0.29, 0.717) is 24.6 Å². The molecule has 2 aliphatic rings. The number of rotatable bonds is 6. The van der Waals surface area contributed by atoms with Crippen LogP contribution in [0.15, 0.2) is 24.3 Å². The SMILES string of the molecule is CN1CCN(C[C@@H]2CN(Cc3ccccc3OC(F)(F)F)C[C@@H]2CO)CC1. The Hall–Kier alpha value is -1.35. The molecule has 0 bridgehead atoms. The summed E-state index contributed by atoms with van der Waals surface area (Å²) < 4.78 is 42.0. The van der Waals surface area contributed by atoms with Crippen LogP contribution >= 0.6 is 0 Å². The Bertz CT molecular complexity index is 606. The molecule has 0 aromatic heterocycles. The minimum absolute atomic E-state index is 0.107. The number of hydrogen-bond acceptors (Lipinski definition) is 5. The average Bonchev–Trinajstić information content (AvgIpc) is 2.99. The first kappa shape index (κ1) is 20.4. The molecule has 0 aliphatic carbocycles. The first-order valence-corrected chi connectivity index (χ1v) is 9.42. The molecule has 3 rings (SSSR count). The van der Waals surface area contributed by atoms with Crippen LogP contribution in [0.2, 0.25) is 0 Å². The number of ether oxygens (including phenoxy) is 1. The monoisotopic (exact) mass is 387 g/mol. The lowest BCUT2D eigenvalue weighted by atomic mass is 9.96. The molecule has 0 unspecified atom stereocenters. The van der Waals surface area contributed by atoms with Crippen molar-refractivity contribution in [2.45, 2.75) is 12.9 Å². The molecule has 2 heterocycles. The van der Waals surface area contributed by atoms with Gasteiger partial charge in [-0.05, 0) is 24.9 Å². The number of aliphatic hydroxyl groups is 1. The third kappa shape index (κ3) is 5.81. The van der Waals surface area contributed by atoms with Crippen LogP contribution in [-0.2, 0) is 6.54 Å². The standard InChI is InChI=1S/C19H28F3N3O2/c1-23-6-8-24(9-7-23)11-16-12-25(13-17(16)14-26)10-15-4-2-3-5-18(15)27-19(20,21)22/h2-5,16-17,26H,6-14H2,1H3/t16-,17-/m1/s1. The predicted octanol–water partition coefficient (Wildman–Crippen LogP) is 1.87. The summed E-state index contributed by atoms with van der Waals surface area (Å²) in [5.41, 5.74) is 0.520. The lowest BCUT2D eigenvalue weighted by Gasteiger charge is -2.34. The van der Waals surface area contributed by atoms with Crippen molar-refractivity contribution in [2.75, 3.05) is 59.5 Å². The molecule has 2 fully saturated rings. The van der Waals surface area contributed by atoms with Crippen LogP contribution in [0.3, 0.4) is 0 Å². The number of likely N-dealkylation sites (N-methyl/N-ethyl adjacent to an activating group) is 1. The van der Waals surface area contributed by atoms with E-state index in [2.05, 4.69) is 26.5 Å². The Kier molecular flexibility index (Phi) is 6.62. The fourth-order valence-electron chi connectivity index (χ4n) is 4.04. The highest BCUT2D eigenvalue weighted by atomic mass is 19.4. The Morgan fingerprint density at radius 3 is 2.37 bits per heavy atom. The lowest BCUT2D eigenvalue weighted by Crippen LogP contribution is -2.47. The summed E-state index contributed by atoms with van der Waals surface area (Å²) in [6.07, 6.45) is -4.70. The minimum Gasteiger partial charge on any atom is -0.405 e. The van der Waals surface area contributed by atoms with Gasteiger partial charge >= 0.3 is 6.36 Å². The number of hydrogen-bond donors (Lipinski definition) is 1. The van der Waals surface area contributed by atoms with Crippen LogP contribution < -0.4 is 4.74 Å². The van der Waals surface area contributed by atoms with Gasteiger partial charge in [-0.3, -0.25) is 4.90 Å². The van der Waals surface area contributed by atoms with Gasteiger partial charge in [0.25, 0.3) is 0 Å². The second-order valence-corrected chi connectivity index (χ2v) is 7.66. The van der Waals surface area contributed by atoms with Crippen LogP contribution in [0.25, 0.3) is 0 Å². The van der Waals surface area contributed by atoms with Crippen molar-refractivity contribution in [3.63, 3.8) is 0 Å². The molecule has 1 N–H and O–H groups in total. The average molecular weight is 387 g/mol. The molecule has 2 saturated heterocycles. The van der Waals surface area contributed by atoms with Crippen molar-refractivity contribution >= 4 is 0 Å². The van der Waals surface area contributed by atoms with Gasteiger partial charge in [0.1, 0.15) is 5.75 Å². The summed E-state index contributed by atoms with van der Waals surface area (Å²) in [6, 6.07) is 6.29. The minimum atomic E-state index is -4.70. The molecule has 0 amide bonds. The Morgan fingerprint density at radius 1 is 1.04 bits per heavy atom. The summed E-state index contributed by atoms with van der Waals surface area (Å²) in [4.78, 5) is 6.86. The van der Waals surface area contributed by atoms with Crippen LogP contribution in [0, 0.1) is 11.8 Å². The maximum atomic E-state index is 12.6. The number of aliphatic hydroxyl groups excluding tert-OH is 1. The smallest absolute Gasteiger partial charge is 0.405 e. The van der Waals surface area contributed by atoms with E-state index in [1.807, 2.05) is 0 Å². The molecule has 0 spiro atoms. The van der Waals surface area contributed by atoms with Gasteiger partial charge in [-0.1, -0.05) is 18.2 Å². The zero-order valence-electron chi connectivity index (χ0n) is 15.7. The number of alkyl halides is 3. The second-order valence-electron chi connectivity index (χ2n) is 7.66. The highest BCUT2D eigenvalue weighted by Gasteiger charge is 2.35. The molecule has 1 aromatic rings. The van der Waals surface area contributed by atoms with Crippen molar-refractivity contribution in [3.05, 3.63) is 29.8 Å². The van der Waals surface area contributed by atoms with Gasteiger partial charge < -0.3 is 19.6 Å². The Balaban J connectivity index is 1.60. The van der Waals surface area contributed by atoms with Gasteiger partial charge in [0.2, 0.25) is 0 Å². The van der Waals surface area contributed by atoms with E-state index in [-0.39, 0.29) is 18.3 Å². The van der Waals surface area contributed by atoms with E-state index >= 15 is 0 Å². The summed E-state index contributed by atoms with van der Waals surface area (Å²) in [5.74, 6) is 0.336. The molecule has 0 saturated carbocycles.